The zero-order valence-electron chi connectivity index (χ0n) is 12.6. The standard InChI is InChI=1S/C15H20N4O2/c1-12(13-6-4-5-7-14(13)21-3)18(2)15(20)8-9-19-11-16-10-17-19/h4-7,10-12H,8-9H2,1-3H3/t12-/m0/s1. The highest BCUT2D eigenvalue weighted by atomic mass is 16.5. The Morgan fingerprint density at radius 1 is 1.43 bits per heavy atom. The number of hydrogen-bond donors (Lipinski definition) is 0. The van der Waals surface area contributed by atoms with Gasteiger partial charge < -0.3 is 9.64 Å². The number of benzene rings is 1. The van der Waals surface area contributed by atoms with Crippen LogP contribution in [-0.4, -0.2) is 39.7 Å². The van der Waals surface area contributed by atoms with Gasteiger partial charge in [-0.1, -0.05) is 18.2 Å². The van der Waals surface area contributed by atoms with Crippen LogP contribution in [0.15, 0.2) is 36.9 Å². The number of aromatic nitrogens is 3. The number of rotatable bonds is 6. The first-order chi connectivity index (χ1) is 10.1. The van der Waals surface area contributed by atoms with Crippen LogP contribution in [0.1, 0.15) is 24.9 Å². The molecule has 0 bridgehead atoms. The third-order valence-corrected chi connectivity index (χ3v) is 3.58. The lowest BCUT2D eigenvalue weighted by molar-refractivity contribution is -0.132. The summed E-state index contributed by atoms with van der Waals surface area (Å²) in [5.41, 5.74) is 0.997. The zero-order valence-corrected chi connectivity index (χ0v) is 12.6. The first-order valence-corrected chi connectivity index (χ1v) is 6.84. The number of methoxy groups -OCH3 is 1. The summed E-state index contributed by atoms with van der Waals surface area (Å²) in [4.78, 5) is 17.9. The minimum Gasteiger partial charge on any atom is -0.496 e. The van der Waals surface area contributed by atoms with Gasteiger partial charge in [-0.15, -0.1) is 0 Å². The van der Waals surface area contributed by atoms with Crippen molar-refractivity contribution < 1.29 is 9.53 Å². The summed E-state index contributed by atoms with van der Waals surface area (Å²) in [5.74, 6) is 0.852. The largest absolute Gasteiger partial charge is 0.496 e. The van der Waals surface area contributed by atoms with E-state index in [1.165, 1.54) is 6.33 Å². The van der Waals surface area contributed by atoms with E-state index in [2.05, 4.69) is 10.1 Å². The second-order valence-corrected chi connectivity index (χ2v) is 4.83. The predicted molar refractivity (Wildman–Crippen MR) is 78.8 cm³/mol. The first-order valence-electron chi connectivity index (χ1n) is 6.84. The van der Waals surface area contributed by atoms with E-state index in [9.17, 15) is 4.79 Å². The normalized spacial score (nSPS) is 12.0. The van der Waals surface area contributed by atoms with Gasteiger partial charge in [-0.05, 0) is 13.0 Å². The van der Waals surface area contributed by atoms with Crippen molar-refractivity contribution in [2.24, 2.45) is 0 Å². The number of aryl methyl sites for hydroxylation is 1. The van der Waals surface area contributed by atoms with E-state index in [0.717, 1.165) is 11.3 Å². The smallest absolute Gasteiger partial charge is 0.224 e. The number of para-hydroxylation sites is 1. The van der Waals surface area contributed by atoms with Gasteiger partial charge in [-0.2, -0.15) is 5.10 Å². The lowest BCUT2D eigenvalue weighted by atomic mass is 10.1. The van der Waals surface area contributed by atoms with E-state index < -0.39 is 0 Å². The monoisotopic (exact) mass is 288 g/mol. The molecule has 0 spiro atoms. The van der Waals surface area contributed by atoms with Crippen molar-refractivity contribution in [2.45, 2.75) is 25.9 Å². The molecule has 1 aromatic heterocycles. The molecule has 0 aliphatic carbocycles. The SMILES string of the molecule is COc1ccccc1[C@H](C)N(C)C(=O)CCn1cncn1. The average Bonchev–Trinajstić information content (AvgIpc) is 3.04. The summed E-state index contributed by atoms with van der Waals surface area (Å²) in [6.07, 6.45) is 3.46. The first kappa shape index (κ1) is 15.0. The van der Waals surface area contributed by atoms with Crippen LogP contribution >= 0.6 is 0 Å². The minimum atomic E-state index is -0.0515. The molecule has 0 aliphatic heterocycles. The Bertz CT molecular complexity index is 583. The lowest BCUT2D eigenvalue weighted by Crippen LogP contribution is -2.30. The topological polar surface area (TPSA) is 60.2 Å². The van der Waals surface area contributed by atoms with Gasteiger partial charge in [0.05, 0.1) is 19.7 Å². The number of carbonyl (C=O) groups is 1. The Morgan fingerprint density at radius 3 is 2.86 bits per heavy atom. The molecule has 1 amide bonds. The van der Waals surface area contributed by atoms with Crippen molar-refractivity contribution in [1.82, 2.24) is 19.7 Å². The van der Waals surface area contributed by atoms with Crippen molar-refractivity contribution in [3.63, 3.8) is 0 Å². The summed E-state index contributed by atoms with van der Waals surface area (Å²) in [5, 5.41) is 3.99. The van der Waals surface area contributed by atoms with Crippen LogP contribution in [0, 0.1) is 0 Å². The number of carbonyl (C=O) groups excluding carboxylic acids is 1. The second kappa shape index (κ2) is 6.88. The molecule has 0 radical (unpaired) electrons. The molecule has 2 aromatic rings. The van der Waals surface area contributed by atoms with Crippen LogP contribution in [0.4, 0.5) is 0 Å². The van der Waals surface area contributed by atoms with Gasteiger partial charge in [-0.25, -0.2) is 4.98 Å². The van der Waals surface area contributed by atoms with Gasteiger partial charge in [-0.3, -0.25) is 9.48 Å². The molecular weight excluding hydrogens is 268 g/mol. The molecule has 112 valence electrons. The highest BCUT2D eigenvalue weighted by Crippen LogP contribution is 2.28. The van der Waals surface area contributed by atoms with Gasteiger partial charge >= 0.3 is 0 Å². The van der Waals surface area contributed by atoms with Gasteiger partial charge in [0.1, 0.15) is 18.4 Å². The lowest BCUT2D eigenvalue weighted by Gasteiger charge is -2.26. The summed E-state index contributed by atoms with van der Waals surface area (Å²) >= 11 is 0. The fraction of sp³-hybridized carbons (Fsp3) is 0.400. The highest BCUT2D eigenvalue weighted by Gasteiger charge is 2.19. The Balaban J connectivity index is 2.00. The number of amides is 1. The van der Waals surface area contributed by atoms with Gasteiger partial charge in [0.15, 0.2) is 0 Å². The van der Waals surface area contributed by atoms with Crippen LogP contribution in [0.3, 0.4) is 0 Å². The van der Waals surface area contributed by atoms with Gasteiger partial charge in [0, 0.05) is 19.0 Å². The Hall–Kier alpha value is -2.37. The maximum absolute atomic E-state index is 12.3. The highest BCUT2D eigenvalue weighted by molar-refractivity contribution is 5.76. The molecule has 1 aromatic carbocycles. The van der Waals surface area contributed by atoms with E-state index in [0.29, 0.717) is 13.0 Å². The zero-order chi connectivity index (χ0) is 15.2. The van der Waals surface area contributed by atoms with Crippen molar-refractivity contribution >= 4 is 5.91 Å². The summed E-state index contributed by atoms with van der Waals surface area (Å²) in [7, 11) is 3.44. The van der Waals surface area contributed by atoms with Crippen LogP contribution in [0.5, 0.6) is 5.75 Å². The van der Waals surface area contributed by atoms with Crippen molar-refractivity contribution in [1.29, 1.82) is 0 Å². The fourth-order valence-corrected chi connectivity index (χ4v) is 2.17. The van der Waals surface area contributed by atoms with Crippen molar-refractivity contribution in [2.75, 3.05) is 14.2 Å². The third kappa shape index (κ3) is 3.59. The molecule has 6 heteroatoms. The molecule has 6 nitrogen and oxygen atoms in total. The quantitative estimate of drug-likeness (QED) is 0.814. The molecule has 0 saturated carbocycles. The summed E-state index contributed by atoms with van der Waals surface area (Å²) in [6.45, 7) is 2.52. The Kier molecular flexibility index (Phi) is 4.92. The maximum atomic E-state index is 12.3. The van der Waals surface area contributed by atoms with Gasteiger partial charge in [0.2, 0.25) is 5.91 Å². The van der Waals surface area contributed by atoms with E-state index in [1.807, 2.05) is 31.2 Å². The van der Waals surface area contributed by atoms with E-state index in [1.54, 1.807) is 30.1 Å². The van der Waals surface area contributed by atoms with Crippen molar-refractivity contribution in [3.05, 3.63) is 42.5 Å². The summed E-state index contributed by atoms with van der Waals surface area (Å²) < 4.78 is 7.01. The molecular formula is C15H20N4O2. The minimum absolute atomic E-state index is 0.0515. The Labute approximate surface area is 124 Å². The molecule has 1 atom stereocenters. The molecule has 1 heterocycles. The molecule has 0 unspecified atom stereocenters. The van der Waals surface area contributed by atoms with Crippen LogP contribution in [0.2, 0.25) is 0 Å². The number of nitrogens with zero attached hydrogens (tertiary/aromatic N) is 4. The number of hydrogen-bond acceptors (Lipinski definition) is 4. The molecule has 0 aliphatic rings. The summed E-state index contributed by atoms with van der Waals surface area (Å²) in [6, 6.07) is 7.69. The fourth-order valence-electron chi connectivity index (χ4n) is 2.17. The molecule has 21 heavy (non-hydrogen) atoms. The average molecular weight is 288 g/mol. The molecule has 0 saturated heterocycles. The van der Waals surface area contributed by atoms with E-state index in [4.69, 9.17) is 4.74 Å². The van der Waals surface area contributed by atoms with E-state index >= 15 is 0 Å². The maximum Gasteiger partial charge on any atom is 0.224 e. The molecule has 0 fully saturated rings. The van der Waals surface area contributed by atoms with Crippen LogP contribution < -0.4 is 4.74 Å². The number of ether oxygens (including phenoxy) is 1. The molecule has 2 rings (SSSR count). The Morgan fingerprint density at radius 2 is 2.19 bits per heavy atom. The third-order valence-electron chi connectivity index (χ3n) is 3.58. The molecule has 0 N–H and O–H groups in total. The van der Waals surface area contributed by atoms with Gasteiger partial charge in [0.25, 0.3) is 0 Å². The van der Waals surface area contributed by atoms with Crippen molar-refractivity contribution in [3.8, 4) is 5.75 Å². The second-order valence-electron chi connectivity index (χ2n) is 4.83. The predicted octanol–water partition coefficient (Wildman–Crippen LogP) is 1.90. The van der Waals surface area contributed by atoms with Crippen LogP contribution in [0.25, 0.3) is 0 Å². The van der Waals surface area contributed by atoms with E-state index in [-0.39, 0.29) is 11.9 Å². The van der Waals surface area contributed by atoms with Crippen LogP contribution in [-0.2, 0) is 11.3 Å².